The minimum absolute atomic E-state index is 0.619. The van der Waals surface area contributed by atoms with E-state index in [0.29, 0.717) is 6.04 Å². The molecular formula is C11H18N4. The third-order valence-electron chi connectivity index (χ3n) is 2.65. The number of aromatic nitrogens is 2. The van der Waals surface area contributed by atoms with E-state index in [1.807, 2.05) is 13.0 Å². The fourth-order valence-electron chi connectivity index (χ4n) is 1.68. The molecule has 0 aromatic carbocycles. The van der Waals surface area contributed by atoms with E-state index < -0.39 is 0 Å². The molecule has 1 aromatic heterocycles. The van der Waals surface area contributed by atoms with Crippen LogP contribution in [-0.4, -0.2) is 22.6 Å². The molecule has 0 amide bonds. The first-order chi connectivity index (χ1) is 7.28. The third-order valence-corrected chi connectivity index (χ3v) is 2.65. The van der Waals surface area contributed by atoms with Crippen molar-refractivity contribution in [3.63, 3.8) is 0 Å². The van der Waals surface area contributed by atoms with Gasteiger partial charge in [-0.2, -0.15) is 0 Å². The molecule has 82 valence electrons. The Morgan fingerprint density at radius 2 is 2.07 bits per heavy atom. The van der Waals surface area contributed by atoms with Crippen molar-refractivity contribution in [3.8, 4) is 0 Å². The predicted octanol–water partition coefficient (Wildman–Crippen LogP) is 2.18. The molecule has 1 aliphatic rings. The van der Waals surface area contributed by atoms with Gasteiger partial charge in [-0.15, -0.1) is 0 Å². The van der Waals surface area contributed by atoms with Crippen molar-refractivity contribution in [2.24, 2.45) is 0 Å². The highest BCUT2D eigenvalue weighted by atomic mass is 15.1. The average molecular weight is 206 g/mol. The minimum Gasteiger partial charge on any atom is -0.370 e. The minimum atomic E-state index is 0.619. The van der Waals surface area contributed by atoms with Gasteiger partial charge < -0.3 is 10.6 Å². The third kappa shape index (κ3) is 2.58. The molecule has 1 fully saturated rings. The van der Waals surface area contributed by atoms with Crippen LogP contribution >= 0.6 is 0 Å². The van der Waals surface area contributed by atoms with Crippen LogP contribution in [0.1, 0.15) is 32.0 Å². The second-order valence-corrected chi connectivity index (χ2v) is 3.99. The zero-order valence-electron chi connectivity index (χ0n) is 9.38. The summed E-state index contributed by atoms with van der Waals surface area (Å²) >= 11 is 0. The Kier molecular flexibility index (Phi) is 3.04. The van der Waals surface area contributed by atoms with Crippen LogP contribution in [0.25, 0.3) is 0 Å². The number of hydrogen-bond acceptors (Lipinski definition) is 4. The molecule has 0 spiro atoms. The molecule has 0 bridgehead atoms. The molecule has 4 nitrogen and oxygen atoms in total. The zero-order chi connectivity index (χ0) is 10.7. The largest absolute Gasteiger partial charge is 0.370 e. The van der Waals surface area contributed by atoms with Crippen LogP contribution in [0.3, 0.4) is 0 Å². The van der Waals surface area contributed by atoms with Crippen LogP contribution in [-0.2, 0) is 0 Å². The molecule has 4 heteroatoms. The van der Waals surface area contributed by atoms with Gasteiger partial charge in [0.25, 0.3) is 0 Å². The van der Waals surface area contributed by atoms with Gasteiger partial charge in [-0.25, -0.2) is 9.97 Å². The normalized spacial score (nSPS) is 15.9. The summed E-state index contributed by atoms with van der Waals surface area (Å²) in [4.78, 5) is 8.69. The lowest BCUT2D eigenvalue weighted by molar-refractivity contribution is 0.444. The molecule has 1 aliphatic carbocycles. The summed E-state index contributed by atoms with van der Waals surface area (Å²) in [5.74, 6) is 2.67. The molecule has 1 saturated carbocycles. The van der Waals surface area contributed by atoms with Gasteiger partial charge in [-0.05, 0) is 33.1 Å². The van der Waals surface area contributed by atoms with Gasteiger partial charge in [0.15, 0.2) is 0 Å². The summed E-state index contributed by atoms with van der Waals surface area (Å²) < 4.78 is 0. The van der Waals surface area contributed by atoms with Crippen LogP contribution in [0.15, 0.2) is 6.07 Å². The highest BCUT2D eigenvalue weighted by molar-refractivity contribution is 5.48. The van der Waals surface area contributed by atoms with E-state index in [1.165, 1.54) is 19.3 Å². The van der Waals surface area contributed by atoms with E-state index in [9.17, 15) is 0 Å². The van der Waals surface area contributed by atoms with Gasteiger partial charge >= 0.3 is 0 Å². The van der Waals surface area contributed by atoms with Gasteiger partial charge in [0.2, 0.25) is 0 Å². The smallest absolute Gasteiger partial charge is 0.132 e. The Labute approximate surface area is 90.5 Å². The standard InChI is InChI=1S/C11H18N4/c1-3-12-10-7-11(14-8(2)13-10)15-9-5-4-6-9/h7,9H,3-6H2,1-2H3,(H2,12,13,14,15). The first-order valence-corrected chi connectivity index (χ1v) is 5.64. The Hall–Kier alpha value is -1.32. The Morgan fingerprint density at radius 3 is 2.67 bits per heavy atom. The molecule has 1 aromatic rings. The van der Waals surface area contributed by atoms with Gasteiger partial charge in [-0.3, -0.25) is 0 Å². The summed E-state index contributed by atoms with van der Waals surface area (Å²) in [7, 11) is 0. The van der Waals surface area contributed by atoms with E-state index >= 15 is 0 Å². The van der Waals surface area contributed by atoms with Gasteiger partial charge in [-0.1, -0.05) is 0 Å². The summed E-state index contributed by atoms with van der Waals surface area (Å²) in [5, 5.41) is 6.63. The molecule has 0 unspecified atom stereocenters. The first-order valence-electron chi connectivity index (χ1n) is 5.64. The summed E-state index contributed by atoms with van der Waals surface area (Å²) in [5.41, 5.74) is 0. The fraction of sp³-hybridized carbons (Fsp3) is 0.636. The maximum absolute atomic E-state index is 4.38. The van der Waals surface area contributed by atoms with Crippen molar-refractivity contribution < 1.29 is 0 Å². The highest BCUT2D eigenvalue weighted by Crippen LogP contribution is 2.23. The average Bonchev–Trinajstić information content (AvgIpc) is 2.11. The highest BCUT2D eigenvalue weighted by Gasteiger charge is 2.17. The topological polar surface area (TPSA) is 49.8 Å². The fourth-order valence-corrected chi connectivity index (χ4v) is 1.68. The molecule has 1 heterocycles. The molecule has 2 rings (SSSR count). The number of aryl methyl sites for hydroxylation is 1. The van der Waals surface area contributed by atoms with Crippen molar-refractivity contribution in [1.82, 2.24) is 9.97 Å². The summed E-state index contributed by atoms with van der Waals surface area (Å²) in [6.45, 7) is 4.88. The van der Waals surface area contributed by atoms with E-state index in [-0.39, 0.29) is 0 Å². The van der Waals surface area contributed by atoms with Crippen LogP contribution < -0.4 is 10.6 Å². The van der Waals surface area contributed by atoms with Crippen LogP contribution in [0.5, 0.6) is 0 Å². The summed E-state index contributed by atoms with van der Waals surface area (Å²) in [6, 6.07) is 2.60. The molecule has 15 heavy (non-hydrogen) atoms. The van der Waals surface area contributed by atoms with Crippen molar-refractivity contribution in [3.05, 3.63) is 11.9 Å². The van der Waals surface area contributed by atoms with E-state index in [1.54, 1.807) is 0 Å². The van der Waals surface area contributed by atoms with Crippen molar-refractivity contribution in [1.29, 1.82) is 0 Å². The Balaban J connectivity index is 2.07. The lowest BCUT2D eigenvalue weighted by Gasteiger charge is -2.27. The van der Waals surface area contributed by atoms with E-state index in [4.69, 9.17) is 0 Å². The molecular weight excluding hydrogens is 188 g/mol. The van der Waals surface area contributed by atoms with Gasteiger partial charge in [0, 0.05) is 18.7 Å². The second-order valence-electron chi connectivity index (χ2n) is 3.99. The molecule has 0 saturated heterocycles. The number of hydrogen-bond donors (Lipinski definition) is 2. The first kappa shape index (κ1) is 10.2. The van der Waals surface area contributed by atoms with Crippen LogP contribution in [0.4, 0.5) is 11.6 Å². The molecule has 0 atom stereocenters. The number of nitrogens with one attached hydrogen (secondary N) is 2. The quantitative estimate of drug-likeness (QED) is 0.792. The monoisotopic (exact) mass is 206 g/mol. The number of rotatable bonds is 4. The lowest BCUT2D eigenvalue weighted by Crippen LogP contribution is -2.27. The lowest BCUT2D eigenvalue weighted by atomic mass is 9.93. The zero-order valence-corrected chi connectivity index (χ0v) is 9.38. The maximum atomic E-state index is 4.38. The summed E-state index contributed by atoms with van der Waals surface area (Å²) in [6.07, 6.45) is 3.86. The number of nitrogens with zero attached hydrogens (tertiary/aromatic N) is 2. The van der Waals surface area contributed by atoms with E-state index in [2.05, 4.69) is 27.5 Å². The second kappa shape index (κ2) is 4.47. The van der Waals surface area contributed by atoms with Crippen molar-refractivity contribution in [2.45, 2.75) is 39.2 Å². The van der Waals surface area contributed by atoms with Crippen LogP contribution in [0, 0.1) is 6.92 Å². The van der Waals surface area contributed by atoms with Crippen molar-refractivity contribution >= 4 is 11.6 Å². The Morgan fingerprint density at radius 1 is 1.33 bits per heavy atom. The molecule has 0 aliphatic heterocycles. The van der Waals surface area contributed by atoms with Crippen LogP contribution in [0.2, 0.25) is 0 Å². The van der Waals surface area contributed by atoms with E-state index in [0.717, 1.165) is 24.0 Å². The SMILES string of the molecule is CCNc1cc(NC2CCC2)nc(C)n1. The maximum Gasteiger partial charge on any atom is 0.132 e. The predicted molar refractivity (Wildman–Crippen MR) is 62.2 cm³/mol. The molecule has 2 N–H and O–H groups in total. The van der Waals surface area contributed by atoms with Crippen molar-refractivity contribution in [2.75, 3.05) is 17.2 Å². The number of anilines is 2. The Bertz CT molecular complexity index is 333. The molecule has 0 radical (unpaired) electrons. The van der Waals surface area contributed by atoms with Gasteiger partial charge in [0.1, 0.15) is 17.5 Å². The van der Waals surface area contributed by atoms with Gasteiger partial charge in [0.05, 0.1) is 0 Å².